The van der Waals surface area contributed by atoms with Gasteiger partial charge in [-0.2, -0.15) is 0 Å². The summed E-state index contributed by atoms with van der Waals surface area (Å²) in [6.45, 7) is 4.49. The molecule has 2 aromatic rings. The van der Waals surface area contributed by atoms with E-state index in [-0.39, 0.29) is 5.84 Å². The molecule has 0 amide bonds. The Labute approximate surface area is 106 Å². The van der Waals surface area contributed by atoms with E-state index in [1.54, 1.807) is 11.3 Å². The highest BCUT2D eigenvalue weighted by Gasteiger charge is 2.05. The molecular formula is C14H18N2S. The summed E-state index contributed by atoms with van der Waals surface area (Å²) >= 11 is 1.59. The van der Waals surface area contributed by atoms with Crippen LogP contribution in [0.3, 0.4) is 0 Å². The van der Waals surface area contributed by atoms with E-state index in [4.69, 9.17) is 11.1 Å². The molecule has 0 radical (unpaired) electrons. The van der Waals surface area contributed by atoms with Gasteiger partial charge in [-0.15, -0.1) is 11.3 Å². The molecule has 17 heavy (non-hydrogen) atoms. The monoisotopic (exact) mass is 246 g/mol. The van der Waals surface area contributed by atoms with Gasteiger partial charge in [0.25, 0.3) is 0 Å². The summed E-state index contributed by atoms with van der Waals surface area (Å²) < 4.78 is 1.21. The van der Waals surface area contributed by atoms with Crippen LogP contribution >= 0.6 is 11.3 Å². The number of hydrogen-bond acceptors (Lipinski definition) is 2. The Hall–Kier alpha value is -1.35. The van der Waals surface area contributed by atoms with Crippen molar-refractivity contribution >= 4 is 27.3 Å². The van der Waals surface area contributed by atoms with Crippen molar-refractivity contribution in [3.05, 3.63) is 34.7 Å². The van der Waals surface area contributed by atoms with Crippen LogP contribution in [-0.4, -0.2) is 5.84 Å². The second-order valence-electron chi connectivity index (χ2n) is 4.83. The maximum absolute atomic E-state index is 7.45. The highest BCUT2D eigenvalue weighted by molar-refractivity contribution is 7.20. The Kier molecular flexibility index (Phi) is 3.48. The normalized spacial score (nSPS) is 11.2. The molecule has 0 aliphatic rings. The Morgan fingerprint density at radius 1 is 1.35 bits per heavy atom. The van der Waals surface area contributed by atoms with E-state index in [2.05, 4.69) is 32.0 Å². The predicted octanol–water partition coefficient (Wildman–Crippen LogP) is 3.77. The Morgan fingerprint density at radius 3 is 2.76 bits per heavy atom. The first kappa shape index (κ1) is 12.1. The third kappa shape index (κ3) is 2.86. The smallest absolute Gasteiger partial charge is 0.133 e. The van der Waals surface area contributed by atoms with E-state index in [0.29, 0.717) is 0 Å². The van der Waals surface area contributed by atoms with Gasteiger partial charge >= 0.3 is 0 Å². The SMILES string of the molecule is CC(C)CCc1ccc2sc(C(=N)N)cc2c1. The highest BCUT2D eigenvalue weighted by Crippen LogP contribution is 2.26. The van der Waals surface area contributed by atoms with Gasteiger partial charge in [-0.1, -0.05) is 26.0 Å². The Balaban J connectivity index is 2.27. The lowest BCUT2D eigenvalue weighted by Gasteiger charge is -2.04. The molecule has 3 N–H and O–H groups in total. The third-order valence-corrected chi connectivity index (χ3v) is 4.01. The van der Waals surface area contributed by atoms with Crippen LogP contribution in [0.2, 0.25) is 0 Å². The zero-order valence-corrected chi connectivity index (χ0v) is 11.1. The van der Waals surface area contributed by atoms with Crippen molar-refractivity contribution in [1.29, 1.82) is 5.41 Å². The lowest BCUT2D eigenvalue weighted by Crippen LogP contribution is -2.08. The average molecular weight is 246 g/mol. The maximum atomic E-state index is 7.45. The van der Waals surface area contributed by atoms with Gasteiger partial charge in [0, 0.05) is 4.70 Å². The molecule has 0 saturated carbocycles. The molecule has 90 valence electrons. The summed E-state index contributed by atoms with van der Waals surface area (Å²) in [5.41, 5.74) is 6.88. The molecule has 0 fully saturated rings. The van der Waals surface area contributed by atoms with Crippen LogP contribution in [0.4, 0.5) is 0 Å². The van der Waals surface area contributed by atoms with Crippen LogP contribution in [0.25, 0.3) is 10.1 Å². The number of thiophene rings is 1. The minimum atomic E-state index is 0.162. The summed E-state index contributed by atoms with van der Waals surface area (Å²) in [6.07, 6.45) is 2.34. The summed E-state index contributed by atoms with van der Waals surface area (Å²) in [6, 6.07) is 8.56. The molecule has 0 saturated heterocycles. The highest BCUT2D eigenvalue weighted by atomic mass is 32.1. The van der Waals surface area contributed by atoms with Gasteiger partial charge in [0.2, 0.25) is 0 Å². The number of hydrogen-bond donors (Lipinski definition) is 2. The number of nitrogens with two attached hydrogens (primary N) is 1. The Morgan fingerprint density at radius 2 is 2.12 bits per heavy atom. The van der Waals surface area contributed by atoms with Crippen molar-refractivity contribution in [3.8, 4) is 0 Å². The standard InChI is InChI=1S/C14H18N2S/c1-9(2)3-4-10-5-6-12-11(7-10)8-13(17-12)14(15)16/h5-9H,3-4H2,1-2H3,(H3,15,16). The fourth-order valence-electron chi connectivity index (χ4n) is 1.84. The minimum Gasteiger partial charge on any atom is -0.383 e. The third-order valence-electron chi connectivity index (χ3n) is 2.86. The lowest BCUT2D eigenvalue weighted by atomic mass is 10.0. The quantitative estimate of drug-likeness (QED) is 0.626. The van der Waals surface area contributed by atoms with Gasteiger partial charge in [0.05, 0.1) is 4.88 Å². The molecule has 1 aromatic heterocycles. The molecule has 0 aliphatic heterocycles. The molecule has 0 unspecified atom stereocenters. The van der Waals surface area contributed by atoms with Crippen LogP contribution in [-0.2, 0) is 6.42 Å². The van der Waals surface area contributed by atoms with Crippen LogP contribution < -0.4 is 5.73 Å². The van der Waals surface area contributed by atoms with Crippen molar-refractivity contribution in [1.82, 2.24) is 0 Å². The van der Waals surface area contributed by atoms with E-state index in [1.807, 2.05) is 6.07 Å². The van der Waals surface area contributed by atoms with E-state index >= 15 is 0 Å². The molecule has 2 rings (SSSR count). The summed E-state index contributed by atoms with van der Waals surface area (Å²) in [5.74, 6) is 0.899. The van der Waals surface area contributed by atoms with Gasteiger partial charge < -0.3 is 5.73 Å². The summed E-state index contributed by atoms with van der Waals surface area (Å²) in [4.78, 5) is 0.862. The fraction of sp³-hybridized carbons (Fsp3) is 0.357. The first-order valence-electron chi connectivity index (χ1n) is 5.93. The maximum Gasteiger partial charge on any atom is 0.133 e. The second kappa shape index (κ2) is 4.88. The Bertz CT molecular complexity index is 540. The van der Waals surface area contributed by atoms with Gasteiger partial charge in [-0.05, 0) is 41.8 Å². The molecule has 0 aliphatic carbocycles. The molecule has 1 aromatic carbocycles. The molecule has 2 nitrogen and oxygen atoms in total. The predicted molar refractivity (Wildman–Crippen MR) is 76.0 cm³/mol. The molecular weight excluding hydrogens is 228 g/mol. The van der Waals surface area contributed by atoms with Crippen LogP contribution in [0.1, 0.15) is 30.7 Å². The molecule has 1 heterocycles. The van der Waals surface area contributed by atoms with Crippen molar-refractivity contribution in [3.63, 3.8) is 0 Å². The number of nitrogens with one attached hydrogen (secondary N) is 1. The van der Waals surface area contributed by atoms with Crippen molar-refractivity contribution in [2.24, 2.45) is 11.7 Å². The number of rotatable bonds is 4. The lowest BCUT2D eigenvalue weighted by molar-refractivity contribution is 0.587. The van der Waals surface area contributed by atoms with E-state index in [1.165, 1.54) is 22.1 Å². The minimum absolute atomic E-state index is 0.162. The van der Waals surface area contributed by atoms with Gasteiger partial charge in [0.1, 0.15) is 5.84 Å². The van der Waals surface area contributed by atoms with Crippen molar-refractivity contribution < 1.29 is 0 Å². The first-order chi connectivity index (χ1) is 8.06. The van der Waals surface area contributed by atoms with Gasteiger partial charge in [0.15, 0.2) is 0 Å². The van der Waals surface area contributed by atoms with E-state index in [0.717, 1.165) is 17.2 Å². The summed E-state index contributed by atoms with van der Waals surface area (Å²) in [5, 5.41) is 8.66. The van der Waals surface area contributed by atoms with Crippen LogP contribution in [0, 0.1) is 11.3 Å². The fourth-order valence-corrected chi connectivity index (χ4v) is 2.74. The number of amidine groups is 1. The molecule has 0 bridgehead atoms. The largest absolute Gasteiger partial charge is 0.383 e. The molecule has 0 atom stereocenters. The van der Waals surface area contributed by atoms with E-state index < -0.39 is 0 Å². The summed E-state index contributed by atoms with van der Waals surface area (Å²) in [7, 11) is 0. The van der Waals surface area contributed by atoms with Crippen LogP contribution in [0.5, 0.6) is 0 Å². The second-order valence-corrected chi connectivity index (χ2v) is 5.91. The number of benzene rings is 1. The first-order valence-corrected chi connectivity index (χ1v) is 6.75. The zero-order valence-electron chi connectivity index (χ0n) is 10.3. The molecule has 3 heteroatoms. The van der Waals surface area contributed by atoms with E-state index in [9.17, 15) is 0 Å². The number of aryl methyl sites for hydroxylation is 1. The van der Waals surface area contributed by atoms with Gasteiger partial charge in [-0.25, -0.2) is 0 Å². The number of nitrogen functional groups attached to an aromatic ring is 1. The van der Waals surface area contributed by atoms with Crippen molar-refractivity contribution in [2.45, 2.75) is 26.7 Å². The average Bonchev–Trinajstić information content (AvgIpc) is 2.69. The van der Waals surface area contributed by atoms with Crippen LogP contribution in [0.15, 0.2) is 24.3 Å². The topological polar surface area (TPSA) is 49.9 Å². The van der Waals surface area contributed by atoms with Gasteiger partial charge in [-0.3, -0.25) is 5.41 Å². The zero-order chi connectivity index (χ0) is 12.4. The number of fused-ring (bicyclic) bond motifs is 1. The van der Waals surface area contributed by atoms with Crippen molar-refractivity contribution in [2.75, 3.05) is 0 Å². The molecule has 0 spiro atoms.